The Bertz CT molecular complexity index is 377. The lowest BCUT2D eigenvalue weighted by molar-refractivity contribution is -0.128. The van der Waals surface area contributed by atoms with E-state index in [0.717, 1.165) is 18.5 Å². The van der Waals surface area contributed by atoms with E-state index in [-0.39, 0.29) is 5.91 Å². The van der Waals surface area contributed by atoms with Gasteiger partial charge in [0.1, 0.15) is 5.54 Å². The van der Waals surface area contributed by atoms with E-state index < -0.39 is 5.54 Å². The van der Waals surface area contributed by atoms with Crippen molar-refractivity contribution < 1.29 is 4.79 Å². The fraction of sp³-hybridized carbons (Fsp3) is 0.462. The van der Waals surface area contributed by atoms with E-state index >= 15 is 0 Å². The molecule has 2 atom stereocenters. The first-order valence-electron chi connectivity index (χ1n) is 5.74. The number of hydrogen-bond acceptors (Lipinski definition) is 2. The first kappa shape index (κ1) is 11.1. The van der Waals surface area contributed by atoms with Crippen molar-refractivity contribution in [2.45, 2.75) is 18.9 Å². The Balaban J connectivity index is 2.47. The summed E-state index contributed by atoms with van der Waals surface area (Å²) in [6, 6.07) is 9.97. The highest BCUT2D eigenvalue weighted by molar-refractivity contribution is 5.88. The summed E-state index contributed by atoms with van der Waals surface area (Å²) in [5.74, 6) is 0.374. The van der Waals surface area contributed by atoms with Crippen LogP contribution in [0, 0.1) is 5.92 Å². The Labute approximate surface area is 96.2 Å². The fourth-order valence-corrected chi connectivity index (χ4v) is 2.60. The molecule has 0 unspecified atom stereocenters. The summed E-state index contributed by atoms with van der Waals surface area (Å²) in [5.41, 5.74) is 0.509. The van der Waals surface area contributed by atoms with Gasteiger partial charge in [0.2, 0.25) is 5.91 Å². The highest BCUT2D eigenvalue weighted by Gasteiger charge is 2.47. The molecule has 1 amide bonds. The molecule has 0 aromatic heterocycles. The molecule has 0 aliphatic carbocycles. The van der Waals surface area contributed by atoms with Crippen LogP contribution in [0.1, 0.15) is 18.9 Å². The molecule has 16 heavy (non-hydrogen) atoms. The molecule has 86 valence electrons. The second kappa shape index (κ2) is 4.26. The molecule has 1 aromatic rings. The van der Waals surface area contributed by atoms with Crippen LogP contribution < -0.4 is 10.6 Å². The molecule has 0 radical (unpaired) electrons. The van der Waals surface area contributed by atoms with E-state index in [1.807, 2.05) is 30.3 Å². The lowest BCUT2D eigenvalue weighted by Crippen LogP contribution is -2.53. The summed E-state index contributed by atoms with van der Waals surface area (Å²) >= 11 is 0. The predicted octanol–water partition coefficient (Wildman–Crippen LogP) is 1.26. The molecule has 3 heteroatoms. The van der Waals surface area contributed by atoms with Crippen molar-refractivity contribution >= 4 is 5.91 Å². The van der Waals surface area contributed by atoms with Crippen LogP contribution in [0.25, 0.3) is 0 Å². The van der Waals surface area contributed by atoms with Crippen LogP contribution in [0.5, 0.6) is 0 Å². The quantitative estimate of drug-likeness (QED) is 0.784. The Hall–Kier alpha value is -1.35. The zero-order chi connectivity index (χ0) is 11.6. The molecule has 2 rings (SSSR count). The SMILES string of the molecule is CNC(=O)[C@]1(c2ccccc2)NCC[C@@H]1C. The molecule has 1 fully saturated rings. The Morgan fingerprint density at radius 3 is 2.62 bits per heavy atom. The zero-order valence-corrected chi connectivity index (χ0v) is 9.79. The van der Waals surface area contributed by atoms with Crippen molar-refractivity contribution in [2.75, 3.05) is 13.6 Å². The molecule has 1 aliphatic rings. The number of carbonyl (C=O) groups excluding carboxylic acids is 1. The number of amides is 1. The van der Waals surface area contributed by atoms with Crippen LogP contribution >= 0.6 is 0 Å². The Morgan fingerprint density at radius 1 is 1.44 bits per heavy atom. The molecule has 0 spiro atoms. The van der Waals surface area contributed by atoms with E-state index in [0.29, 0.717) is 5.92 Å². The Kier molecular flexibility index (Phi) is 2.97. The van der Waals surface area contributed by atoms with Crippen LogP contribution in [0.15, 0.2) is 30.3 Å². The van der Waals surface area contributed by atoms with Gasteiger partial charge in [0.25, 0.3) is 0 Å². The second-order valence-corrected chi connectivity index (χ2v) is 4.37. The highest BCUT2D eigenvalue weighted by Crippen LogP contribution is 2.36. The third-order valence-corrected chi connectivity index (χ3v) is 3.53. The van der Waals surface area contributed by atoms with Crippen LogP contribution in [0.3, 0.4) is 0 Å². The van der Waals surface area contributed by atoms with Crippen molar-refractivity contribution in [1.82, 2.24) is 10.6 Å². The number of nitrogens with one attached hydrogen (secondary N) is 2. The van der Waals surface area contributed by atoms with E-state index in [1.165, 1.54) is 0 Å². The second-order valence-electron chi connectivity index (χ2n) is 4.37. The van der Waals surface area contributed by atoms with Crippen LogP contribution in [0.2, 0.25) is 0 Å². The van der Waals surface area contributed by atoms with Crippen molar-refractivity contribution in [3.8, 4) is 0 Å². The van der Waals surface area contributed by atoms with E-state index in [9.17, 15) is 4.79 Å². The van der Waals surface area contributed by atoms with Gasteiger partial charge in [0.05, 0.1) is 0 Å². The van der Waals surface area contributed by atoms with Gasteiger partial charge < -0.3 is 5.32 Å². The van der Waals surface area contributed by atoms with Crippen LogP contribution in [-0.2, 0) is 10.3 Å². The average molecular weight is 218 g/mol. The summed E-state index contributed by atoms with van der Waals surface area (Å²) in [7, 11) is 1.69. The zero-order valence-electron chi connectivity index (χ0n) is 9.79. The van der Waals surface area contributed by atoms with Gasteiger partial charge in [-0.2, -0.15) is 0 Å². The van der Waals surface area contributed by atoms with E-state index in [4.69, 9.17) is 0 Å². The topological polar surface area (TPSA) is 41.1 Å². The van der Waals surface area contributed by atoms with E-state index in [1.54, 1.807) is 7.05 Å². The molecule has 3 nitrogen and oxygen atoms in total. The van der Waals surface area contributed by atoms with Crippen molar-refractivity contribution in [3.63, 3.8) is 0 Å². The van der Waals surface area contributed by atoms with Crippen molar-refractivity contribution in [3.05, 3.63) is 35.9 Å². The summed E-state index contributed by atoms with van der Waals surface area (Å²) in [5, 5.41) is 6.15. The highest BCUT2D eigenvalue weighted by atomic mass is 16.2. The van der Waals surface area contributed by atoms with Gasteiger partial charge in [-0.15, -0.1) is 0 Å². The smallest absolute Gasteiger partial charge is 0.244 e. The van der Waals surface area contributed by atoms with Gasteiger partial charge in [-0.1, -0.05) is 37.3 Å². The van der Waals surface area contributed by atoms with Crippen LogP contribution in [-0.4, -0.2) is 19.5 Å². The normalized spacial score (nSPS) is 29.0. The summed E-state index contributed by atoms with van der Waals surface area (Å²) < 4.78 is 0. The largest absolute Gasteiger partial charge is 0.357 e. The number of benzene rings is 1. The minimum Gasteiger partial charge on any atom is -0.357 e. The minimum atomic E-state index is -0.546. The number of hydrogen-bond donors (Lipinski definition) is 2. The summed E-state index contributed by atoms with van der Waals surface area (Å²) in [4.78, 5) is 12.2. The molecule has 0 saturated carbocycles. The average Bonchev–Trinajstić information content (AvgIpc) is 2.72. The standard InChI is InChI=1S/C13H18N2O/c1-10-8-9-15-13(10,12(16)14-2)11-6-4-3-5-7-11/h3-7,10,15H,8-9H2,1-2H3,(H,14,16)/t10-,13-/m0/s1. The number of likely N-dealkylation sites (N-methyl/N-ethyl adjacent to an activating group) is 1. The number of rotatable bonds is 2. The van der Waals surface area contributed by atoms with Gasteiger partial charge in [-0.05, 0) is 24.4 Å². The molecule has 1 heterocycles. The first-order valence-corrected chi connectivity index (χ1v) is 5.74. The minimum absolute atomic E-state index is 0.0590. The van der Waals surface area contributed by atoms with Gasteiger partial charge >= 0.3 is 0 Å². The third-order valence-electron chi connectivity index (χ3n) is 3.53. The molecule has 1 aromatic carbocycles. The molecule has 1 saturated heterocycles. The van der Waals surface area contributed by atoms with Crippen LogP contribution in [0.4, 0.5) is 0 Å². The molecule has 1 aliphatic heterocycles. The predicted molar refractivity (Wildman–Crippen MR) is 64.0 cm³/mol. The van der Waals surface area contributed by atoms with Crippen molar-refractivity contribution in [2.24, 2.45) is 5.92 Å². The van der Waals surface area contributed by atoms with Crippen molar-refractivity contribution in [1.29, 1.82) is 0 Å². The lowest BCUT2D eigenvalue weighted by Gasteiger charge is -2.32. The summed E-state index contributed by atoms with van der Waals surface area (Å²) in [6.45, 7) is 3.02. The monoisotopic (exact) mass is 218 g/mol. The fourth-order valence-electron chi connectivity index (χ4n) is 2.60. The maximum atomic E-state index is 12.2. The van der Waals surface area contributed by atoms with Gasteiger partial charge in [-0.3, -0.25) is 10.1 Å². The third kappa shape index (κ3) is 1.52. The number of carbonyl (C=O) groups is 1. The Morgan fingerprint density at radius 2 is 2.12 bits per heavy atom. The molecule has 2 N–H and O–H groups in total. The first-order chi connectivity index (χ1) is 7.71. The lowest BCUT2D eigenvalue weighted by atomic mass is 9.80. The van der Waals surface area contributed by atoms with Gasteiger partial charge in [0, 0.05) is 7.05 Å². The molecule has 0 bridgehead atoms. The molecular weight excluding hydrogens is 200 g/mol. The molecular formula is C13H18N2O. The van der Waals surface area contributed by atoms with E-state index in [2.05, 4.69) is 17.6 Å². The maximum Gasteiger partial charge on any atom is 0.244 e. The van der Waals surface area contributed by atoms with Gasteiger partial charge in [-0.25, -0.2) is 0 Å². The summed E-state index contributed by atoms with van der Waals surface area (Å²) in [6.07, 6.45) is 1.03. The maximum absolute atomic E-state index is 12.2. The van der Waals surface area contributed by atoms with Gasteiger partial charge in [0.15, 0.2) is 0 Å².